The van der Waals surface area contributed by atoms with Gasteiger partial charge in [-0.05, 0) is 54.8 Å². The summed E-state index contributed by atoms with van der Waals surface area (Å²) in [4.78, 5) is 17.2. The predicted molar refractivity (Wildman–Crippen MR) is 106 cm³/mol. The van der Waals surface area contributed by atoms with E-state index in [2.05, 4.69) is 26.1 Å². The third kappa shape index (κ3) is 3.80. The van der Waals surface area contributed by atoms with E-state index in [1.54, 1.807) is 12.1 Å². The number of fused-ring (bicyclic) bond motifs is 3. The summed E-state index contributed by atoms with van der Waals surface area (Å²) in [6.07, 6.45) is 3.01. The molecule has 1 N–H and O–H groups in total. The number of ether oxygens (including phenoxy) is 1. The maximum Gasteiger partial charge on any atom is 0.339 e. The molecule has 148 valence electrons. The Morgan fingerprint density at radius 2 is 2.04 bits per heavy atom. The van der Waals surface area contributed by atoms with Gasteiger partial charge in [-0.3, -0.25) is 4.99 Å². The SMILES string of the molecule is COC(=O)c1cc2c(cc1S(C)(=O)=O)C(C)C1CCNC(C(C)C)C(=N2)C1. The lowest BCUT2D eigenvalue weighted by molar-refractivity contribution is 0.0596. The molecule has 0 aromatic heterocycles. The Bertz CT molecular complexity index is 889. The largest absolute Gasteiger partial charge is 0.465 e. The number of hydrogen-bond donors (Lipinski definition) is 1. The van der Waals surface area contributed by atoms with Gasteiger partial charge in [-0.2, -0.15) is 0 Å². The maximum absolute atomic E-state index is 12.3. The van der Waals surface area contributed by atoms with Crippen molar-refractivity contribution in [3.8, 4) is 0 Å². The fourth-order valence-corrected chi connectivity index (χ4v) is 5.12. The van der Waals surface area contributed by atoms with Gasteiger partial charge in [-0.25, -0.2) is 13.2 Å². The van der Waals surface area contributed by atoms with Gasteiger partial charge in [0.15, 0.2) is 9.84 Å². The van der Waals surface area contributed by atoms with Gasteiger partial charge in [-0.15, -0.1) is 0 Å². The molecule has 0 aliphatic carbocycles. The first kappa shape index (κ1) is 20.0. The number of carbonyl (C=O) groups excluding carboxylic acids is 1. The summed E-state index contributed by atoms with van der Waals surface area (Å²) in [7, 11) is -2.32. The second-order valence-electron chi connectivity index (χ2n) is 7.99. The molecule has 2 aliphatic heterocycles. The Morgan fingerprint density at radius 3 is 2.63 bits per heavy atom. The number of sulfone groups is 1. The Kier molecular flexibility index (Phi) is 5.45. The van der Waals surface area contributed by atoms with Crippen LogP contribution in [0.3, 0.4) is 0 Å². The van der Waals surface area contributed by atoms with Gasteiger partial charge in [0, 0.05) is 18.0 Å². The summed E-state index contributed by atoms with van der Waals surface area (Å²) >= 11 is 0. The standard InChI is InChI=1S/C20H28N2O4S/c1-11(2)19-17-8-13(6-7-21-19)12(3)14-10-18(27(5,24)25)15(20(23)26-4)9-16(14)22-17/h9-13,19,21H,6-8H2,1-5H3. The van der Waals surface area contributed by atoms with Crippen LogP contribution in [0.4, 0.5) is 5.69 Å². The highest BCUT2D eigenvalue weighted by atomic mass is 32.2. The molecule has 2 heterocycles. The number of nitrogens with one attached hydrogen (secondary N) is 1. The fraction of sp³-hybridized carbons (Fsp3) is 0.600. The average molecular weight is 393 g/mol. The number of methoxy groups -OCH3 is 1. The summed E-state index contributed by atoms with van der Waals surface area (Å²) in [6.45, 7) is 7.39. The molecule has 3 unspecified atom stereocenters. The first-order valence-electron chi connectivity index (χ1n) is 9.40. The number of benzene rings is 1. The Labute approximate surface area is 161 Å². The number of carbonyl (C=O) groups is 1. The number of nitrogens with zero attached hydrogens (tertiary/aromatic N) is 1. The molecule has 7 heteroatoms. The molecule has 1 aromatic carbocycles. The number of rotatable bonds is 3. The lowest BCUT2D eigenvalue weighted by Gasteiger charge is -2.22. The fourth-order valence-electron chi connectivity index (χ4n) is 4.23. The summed E-state index contributed by atoms with van der Waals surface area (Å²) < 4.78 is 29.5. The van der Waals surface area contributed by atoms with Crippen molar-refractivity contribution in [2.45, 2.75) is 50.5 Å². The zero-order chi connectivity index (χ0) is 19.9. The van der Waals surface area contributed by atoms with Gasteiger partial charge in [0.1, 0.15) is 0 Å². The number of esters is 1. The molecule has 2 aliphatic rings. The molecule has 0 saturated carbocycles. The predicted octanol–water partition coefficient (Wildman–Crippen LogP) is 3.09. The van der Waals surface area contributed by atoms with E-state index in [0.29, 0.717) is 17.5 Å². The molecular weight excluding hydrogens is 364 g/mol. The smallest absolute Gasteiger partial charge is 0.339 e. The highest BCUT2D eigenvalue weighted by Gasteiger charge is 2.34. The highest BCUT2D eigenvalue weighted by Crippen LogP contribution is 2.42. The molecule has 27 heavy (non-hydrogen) atoms. The van der Waals surface area contributed by atoms with E-state index < -0.39 is 15.8 Å². The van der Waals surface area contributed by atoms with Crippen LogP contribution in [-0.2, 0) is 14.6 Å². The highest BCUT2D eigenvalue weighted by molar-refractivity contribution is 7.90. The minimum atomic E-state index is -3.57. The van der Waals surface area contributed by atoms with E-state index in [9.17, 15) is 13.2 Å². The van der Waals surface area contributed by atoms with E-state index >= 15 is 0 Å². The van der Waals surface area contributed by atoms with Crippen molar-refractivity contribution in [2.24, 2.45) is 16.8 Å². The third-order valence-corrected chi connectivity index (χ3v) is 6.91. The molecule has 0 radical (unpaired) electrons. The number of aliphatic imine (C=N–C) groups is 1. The summed E-state index contributed by atoms with van der Waals surface area (Å²) in [5.41, 5.74) is 2.72. The molecule has 3 atom stereocenters. The normalized spacial score (nSPS) is 25.3. The van der Waals surface area contributed by atoms with Crippen LogP contribution in [0.25, 0.3) is 0 Å². The molecule has 1 saturated heterocycles. The van der Waals surface area contributed by atoms with Gasteiger partial charge in [-0.1, -0.05) is 20.8 Å². The zero-order valence-electron chi connectivity index (χ0n) is 16.6. The Hall–Kier alpha value is -1.73. The Morgan fingerprint density at radius 1 is 1.33 bits per heavy atom. The van der Waals surface area contributed by atoms with Crippen LogP contribution in [0.1, 0.15) is 55.5 Å². The third-order valence-electron chi connectivity index (χ3n) is 5.77. The van der Waals surface area contributed by atoms with Crippen LogP contribution in [-0.4, -0.2) is 46.1 Å². The quantitative estimate of drug-likeness (QED) is 0.799. The lowest BCUT2D eigenvalue weighted by atomic mass is 9.82. The van der Waals surface area contributed by atoms with Crippen LogP contribution < -0.4 is 5.32 Å². The van der Waals surface area contributed by atoms with Crippen molar-refractivity contribution in [3.63, 3.8) is 0 Å². The van der Waals surface area contributed by atoms with Crippen molar-refractivity contribution >= 4 is 27.2 Å². The van der Waals surface area contributed by atoms with Gasteiger partial charge < -0.3 is 10.1 Å². The minimum Gasteiger partial charge on any atom is -0.465 e. The van der Waals surface area contributed by atoms with E-state index in [0.717, 1.165) is 36.9 Å². The molecule has 2 bridgehead atoms. The first-order valence-corrected chi connectivity index (χ1v) is 11.3. The van der Waals surface area contributed by atoms with E-state index in [-0.39, 0.29) is 22.4 Å². The second kappa shape index (κ2) is 7.36. The van der Waals surface area contributed by atoms with Crippen LogP contribution in [0, 0.1) is 11.8 Å². The minimum absolute atomic E-state index is 0.0212. The number of hydrogen-bond acceptors (Lipinski definition) is 6. The molecule has 0 spiro atoms. The second-order valence-corrected chi connectivity index (χ2v) is 9.98. The van der Waals surface area contributed by atoms with Crippen molar-refractivity contribution in [1.82, 2.24) is 5.32 Å². The average Bonchev–Trinajstić information content (AvgIpc) is 2.88. The summed E-state index contributed by atoms with van der Waals surface area (Å²) in [5, 5.41) is 3.60. The molecule has 1 aromatic rings. The summed E-state index contributed by atoms with van der Waals surface area (Å²) in [5.74, 6) is 0.280. The van der Waals surface area contributed by atoms with Crippen LogP contribution >= 0.6 is 0 Å². The van der Waals surface area contributed by atoms with E-state index in [4.69, 9.17) is 9.73 Å². The van der Waals surface area contributed by atoms with Gasteiger partial charge in [0.05, 0.1) is 23.3 Å². The summed E-state index contributed by atoms with van der Waals surface area (Å²) in [6, 6.07) is 3.42. The molecular formula is C20H28N2O4S. The van der Waals surface area contributed by atoms with Gasteiger partial charge >= 0.3 is 5.97 Å². The maximum atomic E-state index is 12.3. The Balaban J connectivity index is 2.26. The molecule has 3 rings (SSSR count). The molecule has 1 fully saturated rings. The monoisotopic (exact) mass is 392 g/mol. The zero-order valence-corrected chi connectivity index (χ0v) is 17.4. The van der Waals surface area contributed by atoms with Crippen molar-refractivity contribution in [3.05, 3.63) is 23.3 Å². The molecule has 6 nitrogen and oxygen atoms in total. The van der Waals surface area contributed by atoms with Crippen LogP contribution in [0.5, 0.6) is 0 Å². The van der Waals surface area contributed by atoms with Gasteiger partial charge in [0.2, 0.25) is 0 Å². The topological polar surface area (TPSA) is 84.8 Å². The first-order chi connectivity index (χ1) is 12.6. The van der Waals surface area contributed by atoms with Crippen LogP contribution in [0.2, 0.25) is 0 Å². The van der Waals surface area contributed by atoms with Crippen molar-refractivity contribution in [1.29, 1.82) is 0 Å². The van der Waals surface area contributed by atoms with Crippen molar-refractivity contribution in [2.75, 3.05) is 19.9 Å². The van der Waals surface area contributed by atoms with Gasteiger partial charge in [0.25, 0.3) is 0 Å². The van der Waals surface area contributed by atoms with E-state index in [1.807, 2.05) is 0 Å². The van der Waals surface area contributed by atoms with E-state index in [1.165, 1.54) is 7.11 Å². The van der Waals surface area contributed by atoms with Crippen LogP contribution in [0.15, 0.2) is 22.0 Å². The molecule has 0 amide bonds. The van der Waals surface area contributed by atoms with Crippen molar-refractivity contribution < 1.29 is 17.9 Å². The lowest BCUT2D eigenvalue weighted by Crippen LogP contribution is -2.39.